The molecule has 3 aromatic rings. The van der Waals surface area contributed by atoms with Gasteiger partial charge in [0.15, 0.2) is 11.5 Å². The predicted octanol–water partition coefficient (Wildman–Crippen LogP) is 3.56. The number of aromatic nitrogens is 2. The van der Waals surface area contributed by atoms with Crippen LogP contribution in [0.1, 0.15) is 10.5 Å². The Bertz CT molecular complexity index is 973. The van der Waals surface area contributed by atoms with Gasteiger partial charge in [-0.15, -0.1) is 10.2 Å². The van der Waals surface area contributed by atoms with Gasteiger partial charge in [-0.05, 0) is 48.5 Å². The highest BCUT2D eigenvalue weighted by atomic mass is 16.5. The van der Waals surface area contributed by atoms with Crippen LogP contribution in [0.25, 0.3) is 0 Å². The van der Waals surface area contributed by atoms with E-state index in [4.69, 9.17) is 9.47 Å². The molecule has 2 aromatic carbocycles. The highest BCUT2D eigenvalue weighted by Gasteiger charge is 2.13. The van der Waals surface area contributed by atoms with Crippen molar-refractivity contribution in [2.75, 3.05) is 43.8 Å². The van der Waals surface area contributed by atoms with Gasteiger partial charge in [0.2, 0.25) is 0 Å². The molecule has 8 heteroatoms. The standard InChI is InChI=1S/C21H23N5O3/c1-26(2)15-7-5-14(6-8-15)22-20-12-10-17(24-25-20)21(27)23-18-13-16(28-3)9-11-19(18)29-4/h5-13H,1-4H3,(H,22,25)(H,23,27). The van der Waals surface area contributed by atoms with E-state index in [1.165, 1.54) is 7.11 Å². The van der Waals surface area contributed by atoms with Crippen LogP contribution in [-0.2, 0) is 0 Å². The van der Waals surface area contributed by atoms with Crippen molar-refractivity contribution in [3.05, 3.63) is 60.3 Å². The van der Waals surface area contributed by atoms with E-state index < -0.39 is 5.91 Å². The van der Waals surface area contributed by atoms with Crippen molar-refractivity contribution < 1.29 is 14.3 Å². The summed E-state index contributed by atoms with van der Waals surface area (Å²) in [6.45, 7) is 0. The van der Waals surface area contributed by atoms with Gasteiger partial charge in [-0.25, -0.2) is 0 Å². The summed E-state index contributed by atoms with van der Waals surface area (Å²) in [7, 11) is 7.05. The van der Waals surface area contributed by atoms with Gasteiger partial charge in [0.05, 0.1) is 19.9 Å². The van der Waals surface area contributed by atoms with Crippen LogP contribution in [-0.4, -0.2) is 44.4 Å². The predicted molar refractivity (Wildman–Crippen MR) is 114 cm³/mol. The normalized spacial score (nSPS) is 10.2. The number of anilines is 4. The number of carbonyl (C=O) groups is 1. The lowest BCUT2D eigenvalue weighted by atomic mass is 10.2. The molecule has 0 spiro atoms. The molecule has 0 aliphatic carbocycles. The molecule has 0 saturated carbocycles. The smallest absolute Gasteiger partial charge is 0.276 e. The maximum absolute atomic E-state index is 12.5. The summed E-state index contributed by atoms with van der Waals surface area (Å²) in [6.07, 6.45) is 0. The number of carbonyl (C=O) groups excluding carboxylic acids is 1. The fraction of sp³-hybridized carbons (Fsp3) is 0.190. The minimum absolute atomic E-state index is 0.184. The Kier molecular flexibility index (Phi) is 6.13. The van der Waals surface area contributed by atoms with Gasteiger partial charge >= 0.3 is 0 Å². The Morgan fingerprint density at radius 1 is 0.931 bits per heavy atom. The molecule has 2 N–H and O–H groups in total. The first-order chi connectivity index (χ1) is 14.0. The number of rotatable bonds is 7. The van der Waals surface area contributed by atoms with Gasteiger partial charge in [0.25, 0.3) is 5.91 Å². The maximum Gasteiger partial charge on any atom is 0.276 e. The summed E-state index contributed by atoms with van der Waals surface area (Å²) in [6, 6.07) is 16.3. The lowest BCUT2D eigenvalue weighted by molar-refractivity contribution is 0.102. The molecule has 1 amide bonds. The van der Waals surface area contributed by atoms with Gasteiger partial charge in [-0.3, -0.25) is 4.79 Å². The van der Waals surface area contributed by atoms with Gasteiger partial charge < -0.3 is 25.0 Å². The summed E-state index contributed by atoms with van der Waals surface area (Å²) in [5.74, 6) is 1.27. The third-order valence-corrected chi connectivity index (χ3v) is 4.21. The molecular formula is C21H23N5O3. The summed E-state index contributed by atoms with van der Waals surface area (Å²) in [5, 5.41) is 14.0. The SMILES string of the molecule is COc1ccc(OC)c(NC(=O)c2ccc(Nc3ccc(N(C)C)cc3)nn2)c1. The average Bonchev–Trinajstić information content (AvgIpc) is 2.74. The van der Waals surface area contributed by atoms with E-state index in [9.17, 15) is 4.79 Å². The van der Waals surface area contributed by atoms with E-state index in [1.54, 1.807) is 37.4 Å². The zero-order chi connectivity index (χ0) is 20.8. The van der Waals surface area contributed by atoms with Crippen LogP contribution in [0.5, 0.6) is 11.5 Å². The fourth-order valence-corrected chi connectivity index (χ4v) is 2.61. The summed E-state index contributed by atoms with van der Waals surface area (Å²) < 4.78 is 10.5. The van der Waals surface area contributed by atoms with Crippen molar-refractivity contribution in [1.82, 2.24) is 10.2 Å². The Morgan fingerprint density at radius 3 is 2.28 bits per heavy atom. The number of amides is 1. The molecule has 0 radical (unpaired) electrons. The summed E-state index contributed by atoms with van der Waals surface area (Å²) >= 11 is 0. The van der Waals surface area contributed by atoms with Gasteiger partial charge in [0, 0.05) is 31.5 Å². The van der Waals surface area contributed by atoms with Crippen LogP contribution < -0.4 is 25.0 Å². The van der Waals surface area contributed by atoms with E-state index in [2.05, 4.69) is 20.8 Å². The van der Waals surface area contributed by atoms with Gasteiger partial charge in [-0.2, -0.15) is 0 Å². The molecule has 0 bridgehead atoms. The van der Waals surface area contributed by atoms with E-state index in [1.807, 2.05) is 43.3 Å². The molecule has 0 aliphatic rings. The second-order valence-corrected chi connectivity index (χ2v) is 6.39. The van der Waals surface area contributed by atoms with E-state index in [0.717, 1.165) is 11.4 Å². The van der Waals surface area contributed by atoms with Crippen LogP contribution in [0.3, 0.4) is 0 Å². The minimum atomic E-state index is -0.397. The van der Waals surface area contributed by atoms with Crippen LogP contribution in [0.2, 0.25) is 0 Å². The largest absolute Gasteiger partial charge is 0.497 e. The summed E-state index contributed by atoms with van der Waals surface area (Å²) in [5.41, 5.74) is 2.65. The number of hydrogen-bond donors (Lipinski definition) is 2. The molecule has 0 unspecified atom stereocenters. The molecule has 150 valence electrons. The number of hydrogen-bond acceptors (Lipinski definition) is 7. The second kappa shape index (κ2) is 8.92. The van der Waals surface area contributed by atoms with E-state index >= 15 is 0 Å². The van der Waals surface area contributed by atoms with Crippen LogP contribution in [0, 0.1) is 0 Å². The van der Waals surface area contributed by atoms with Gasteiger partial charge in [0.1, 0.15) is 11.5 Å². The second-order valence-electron chi connectivity index (χ2n) is 6.39. The van der Waals surface area contributed by atoms with Crippen molar-refractivity contribution in [3.63, 3.8) is 0 Å². The molecule has 0 saturated heterocycles. The van der Waals surface area contributed by atoms with E-state index in [0.29, 0.717) is 23.0 Å². The third-order valence-electron chi connectivity index (χ3n) is 4.21. The molecule has 1 aromatic heterocycles. The maximum atomic E-state index is 12.5. The number of benzene rings is 2. The molecule has 0 atom stereocenters. The first kappa shape index (κ1) is 19.9. The molecule has 8 nitrogen and oxygen atoms in total. The van der Waals surface area contributed by atoms with Crippen molar-refractivity contribution in [2.24, 2.45) is 0 Å². The molecule has 29 heavy (non-hydrogen) atoms. The molecule has 3 rings (SSSR count). The van der Waals surface area contributed by atoms with Crippen LogP contribution in [0.15, 0.2) is 54.6 Å². The summed E-state index contributed by atoms with van der Waals surface area (Å²) in [4.78, 5) is 14.5. The topological polar surface area (TPSA) is 88.6 Å². The Balaban J connectivity index is 1.69. The average molecular weight is 393 g/mol. The highest BCUT2D eigenvalue weighted by molar-refractivity contribution is 6.03. The van der Waals surface area contributed by atoms with Crippen molar-refractivity contribution in [2.45, 2.75) is 0 Å². The van der Waals surface area contributed by atoms with Crippen molar-refractivity contribution in [3.8, 4) is 11.5 Å². The Morgan fingerprint density at radius 2 is 1.69 bits per heavy atom. The molecular weight excluding hydrogens is 370 g/mol. The molecule has 0 aliphatic heterocycles. The minimum Gasteiger partial charge on any atom is -0.497 e. The first-order valence-electron chi connectivity index (χ1n) is 8.91. The number of nitrogens with one attached hydrogen (secondary N) is 2. The highest BCUT2D eigenvalue weighted by Crippen LogP contribution is 2.29. The number of methoxy groups -OCH3 is 2. The van der Waals surface area contributed by atoms with Crippen molar-refractivity contribution >= 4 is 28.8 Å². The molecule has 1 heterocycles. The zero-order valence-corrected chi connectivity index (χ0v) is 16.8. The molecule has 0 fully saturated rings. The zero-order valence-electron chi connectivity index (χ0n) is 16.8. The quantitative estimate of drug-likeness (QED) is 0.634. The number of nitrogens with zero attached hydrogens (tertiary/aromatic N) is 3. The fourth-order valence-electron chi connectivity index (χ4n) is 2.61. The van der Waals surface area contributed by atoms with Crippen LogP contribution >= 0.6 is 0 Å². The Hall–Kier alpha value is -3.81. The first-order valence-corrected chi connectivity index (χ1v) is 8.91. The van der Waals surface area contributed by atoms with Crippen LogP contribution in [0.4, 0.5) is 22.9 Å². The lowest BCUT2D eigenvalue weighted by Gasteiger charge is -2.13. The van der Waals surface area contributed by atoms with E-state index in [-0.39, 0.29) is 5.69 Å². The van der Waals surface area contributed by atoms with Crippen molar-refractivity contribution in [1.29, 1.82) is 0 Å². The lowest BCUT2D eigenvalue weighted by Crippen LogP contribution is -2.15. The monoisotopic (exact) mass is 393 g/mol. The third kappa shape index (κ3) is 4.92. The van der Waals surface area contributed by atoms with Gasteiger partial charge in [-0.1, -0.05) is 0 Å². The Labute approximate surface area is 169 Å². The number of ether oxygens (including phenoxy) is 2.